The number of benzene rings is 2. The Kier molecular flexibility index (Phi) is 6.85. The third-order valence-corrected chi connectivity index (χ3v) is 5.12. The summed E-state index contributed by atoms with van der Waals surface area (Å²) in [6.45, 7) is 3.97. The van der Waals surface area contributed by atoms with E-state index in [1.807, 2.05) is 30.3 Å². The van der Waals surface area contributed by atoms with E-state index in [9.17, 15) is 9.59 Å². The number of nitriles is 1. The van der Waals surface area contributed by atoms with E-state index < -0.39 is 0 Å². The molecule has 150 valence electrons. The number of hydrogen-bond donors (Lipinski definition) is 1. The molecule has 0 radical (unpaired) electrons. The topological polar surface area (TPSA) is 76.4 Å². The standard InChI is InChI=1S/C23H26N4O2/c1-18(28)27(16-13-23(29)25-20-7-5-19(17-24)6-8-20)22-11-9-21(10-12-22)26-14-3-2-4-15-26/h5-12H,2-4,13-16H2,1H3,(H,25,29). The summed E-state index contributed by atoms with van der Waals surface area (Å²) in [4.78, 5) is 28.4. The Labute approximate surface area is 171 Å². The van der Waals surface area contributed by atoms with E-state index in [1.165, 1.54) is 31.9 Å². The van der Waals surface area contributed by atoms with Crippen LogP contribution >= 0.6 is 0 Å². The first kappa shape index (κ1) is 20.4. The van der Waals surface area contributed by atoms with Gasteiger partial charge < -0.3 is 15.1 Å². The van der Waals surface area contributed by atoms with Crippen LogP contribution in [0.5, 0.6) is 0 Å². The fraction of sp³-hybridized carbons (Fsp3) is 0.348. The third-order valence-electron chi connectivity index (χ3n) is 5.12. The number of rotatable bonds is 6. The Morgan fingerprint density at radius 2 is 1.69 bits per heavy atom. The molecule has 6 nitrogen and oxygen atoms in total. The lowest BCUT2D eigenvalue weighted by Gasteiger charge is -2.29. The zero-order chi connectivity index (χ0) is 20.6. The van der Waals surface area contributed by atoms with Crippen LogP contribution in [0.1, 0.15) is 38.2 Å². The molecule has 2 aromatic carbocycles. The lowest BCUT2D eigenvalue weighted by molar-refractivity contribution is -0.117. The van der Waals surface area contributed by atoms with Crippen molar-refractivity contribution in [3.05, 3.63) is 54.1 Å². The number of amides is 2. The number of carbonyl (C=O) groups is 2. The van der Waals surface area contributed by atoms with Gasteiger partial charge in [0.25, 0.3) is 0 Å². The van der Waals surface area contributed by atoms with Crippen LogP contribution in [0, 0.1) is 11.3 Å². The number of nitrogens with zero attached hydrogens (tertiary/aromatic N) is 3. The van der Waals surface area contributed by atoms with Gasteiger partial charge in [-0.3, -0.25) is 9.59 Å². The van der Waals surface area contributed by atoms with Crippen LogP contribution in [0.2, 0.25) is 0 Å². The van der Waals surface area contributed by atoms with Gasteiger partial charge in [0.15, 0.2) is 0 Å². The Balaban J connectivity index is 1.58. The molecule has 2 aromatic rings. The van der Waals surface area contributed by atoms with Crippen molar-refractivity contribution < 1.29 is 9.59 Å². The van der Waals surface area contributed by atoms with Gasteiger partial charge in [0.05, 0.1) is 11.6 Å². The van der Waals surface area contributed by atoms with Crippen molar-refractivity contribution in [3.8, 4) is 6.07 Å². The van der Waals surface area contributed by atoms with Gasteiger partial charge in [0.1, 0.15) is 0 Å². The van der Waals surface area contributed by atoms with Crippen molar-refractivity contribution in [3.63, 3.8) is 0 Å². The van der Waals surface area contributed by atoms with Crippen molar-refractivity contribution in [2.75, 3.05) is 34.8 Å². The van der Waals surface area contributed by atoms with E-state index >= 15 is 0 Å². The number of carbonyl (C=O) groups excluding carboxylic acids is 2. The van der Waals surface area contributed by atoms with Crippen molar-refractivity contribution in [2.45, 2.75) is 32.6 Å². The van der Waals surface area contributed by atoms with Crippen LogP contribution in [0.3, 0.4) is 0 Å². The number of nitrogens with one attached hydrogen (secondary N) is 1. The van der Waals surface area contributed by atoms with Crippen LogP contribution in [-0.4, -0.2) is 31.4 Å². The minimum absolute atomic E-state index is 0.0955. The van der Waals surface area contributed by atoms with Gasteiger partial charge in [0, 0.05) is 50.0 Å². The predicted molar refractivity (Wildman–Crippen MR) is 115 cm³/mol. The molecule has 0 aromatic heterocycles. The summed E-state index contributed by atoms with van der Waals surface area (Å²) in [6, 6.07) is 16.7. The van der Waals surface area contributed by atoms with E-state index in [2.05, 4.69) is 10.2 Å². The SMILES string of the molecule is CC(=O)N(CCC(=O)Nc1ccc(C#N)cc1)c1ccc(N2CCCCC2)cc1. The Bertz CT molecular complexity index is 879. The van der Waals surface area contributed by atoms with Crippen LogP contribution in [0.4, 0.5) is 17.1 Å². The second-order valence-corrected chi connectivity index (χ2v) is 7.22. The smallest absolute Gasteiger partial charge is 0.226 e. The Morgan fingerprint density at radius 1 is 1.03 bits per heavy atom. The second-order valence-electron chi connectivity index (χ2n) is 7.22. The van der Waals surface area contributed by atoms with Gasteiger partial charge in [-0.15, -0.1) is 0 Å². The molecule has 0 saturated carbocycles. The van der Waals surface area contributed by atoms with E-state index in [1.54, 1.807) is 29.2 Å². The molecule has 1 heterocycles. The number of piperidine rings is 1. The van der Waals surface area contributed by atoms with Gasteiger partial charge in [-0.1, -0.05) is 0 Å². The number of anilines is 3. The minimum Gasteiger partial charge on any atom is -0.372 e. The lowest BCUT2D eigenvalue weighted by atomic mass is 10.1. The average Bonchev–Trinajstić information content (AvgIpc) is 2.75. The second kappa shape index (κ2) is 9.74. The summed E-state index contributed by atoms with van der Waals surface area (Å²) >= 11 is 0. The fourth-order valence-corrected chi connectivity index (χ4v) is 3.53. The third kappa shape index (κ3) is 5.58. The highest BCUT2D eigenvalue weighted by Gasteiger charge is 2.15. The molecular formula is C23H26N4O2. The maximum atomic E-state index is 12.3. The van der Waals surface area contributed by atoms with E-state index in [-0.39, 0.29) is 18.2 Å². The Morgan fingerprint density at radius 3 is 2.28 bits per heavy atom. The molecule has 0 bridgehead atoms. The van der Waals surface area contributed by atoms with Gasteiger partial charge >= 0.3 is 0 Å². The summed E-state index contributed by atoms with van der Waals surface area (Å²) in [5.74, 6) is -0.271. The first-order chi connectivity index (χ1) is 14.1. The van der Waals surface area contributed by atoms with E-state index in [0.29, 0.717) is 17.8 Å². The first-order valence-electron chi connectivity index (χ1n) is 10.00. The largest absolute Gasteiger partial charge is 0.372 e. The molecule has 1 aliphatic heterocycles. The molecule has 29 heavy (non-hydrogen) atoms. The molecule has 1 fully saturated rings. The quantitative estimate of drug-likeness (QED) is 0.811. The van der Waals surface area contributed by atoms with Crippen LogP contribution in [0.15, 0.2) is 48.5 Å². The summed E-state index contributed by atoms with van der Waals surface area (Å²) in [7, 11) is 0. The molecule has 1 N–H and O–H groups in total. The summed E-state index contributed by atoms with van der Waals surface area (Å²) < 4.78 is 0. The minimum atomic E-state index is -0.175. The van der Waals surface area contributed by atoms with Gasteiger partial charge in [-0.05, 0) is 67.8 Å². The molecule has 0 aliphatic carbocycles. The van der Waals surface area contributed by atoms with Crippen LogP contribution in [0.25, 0.3) is 0 Å². The monoisotopic (exact) mass is 390 g/mol. The van der Waals surface area contributed by atoms with Gasteiger partial charge in [-0.2, -0.15) is 5.26 Å². The zero-order valence-corrected chi connectivity index (χ0v) is 16.7. The normalized spacial score (nSPS) is 13.4. The molecule has 0 unspecified atom stereocenters. The highest BCUT2D eigenvalue weighted by molar-refractivity contribution is 5.95. The first-order valence-corrected chi connectivity index (χ1v) is 10.00. The highest BCUT2D eigenvalue weighted by Crippen LogP contribution is 2.24. The molecule has 6 heteroatoms. The van der Waals surface area contributed by atoms with Crippen molar-refractivity contribution in [1.29, 1.82) is 5.26 Å². The molecule has 0 spiro atoms. The lowest BCUT2D eigenvalue weighted by Crippen LogP contribution is -2.32. The molecule has 1 aliphatic rings. The molecule has 1 saturated heterocycles. The van der Waals surface area contributed by atoms with Gasteiger partial charge in [0.2, 0.25) is 11.8 Å². The van der Waals surface area contributed by atoms with Crippen molar-refractivity contribution in [2.24, 2.45) is 0 Å². The van der Waals surface area contributed by atoms with Gasteiger partial charge in [-0.25, -0.2) is 0 Å². The average molecular weight is 390 g/mol. The van der Waals surface area contributed by atoms with E-state index in [4.69, 9.17) is 5.26 Å². The zero-order valence-electron chi connectivity index (χ0n) is 16.7. The summed E-state index contributed by atoms with van der Waals surface area (Å²) in [5.41, 5.74) is 3.15. The fourth-order valence-electron chi connectivity index (χ4n) is 3.53. The van der Waals surface area contributed by atoms with E-state index in [0.717, 1.165) is 18.8 Å². The number of hydrogen-bond acceptors (Lipinski definition) is 4. The van der Waals surface area contributed by atoms with Crippen LogP contribution < -0.4 is 15.1 Å². The molecule has 0 atom stereocenters. The summed E-state index contributed by atoms with van der Waals surface area (Å²) in [5, 5.41) is 11.6. The Hall–Kier alpha value is -3.33. The maximum absolute atomic E-state index is 12.3. The highest BCUT2D eigenvalue weighted by atomic mass is 16.2. The van der Waals surface area contributed by atoms with Crippen molar-refractivity contribution >= 4 is 28.9 Å². The van der Waals surface area contributed by atoms with Crippen LogP contribution in [-0.2, 0) is 9.59 Å². The molecule has 2 amide bonds. The summed E-state index contributed by atoms with van der Waals surface area (Å²) in [6.07, 6.45) is 3.91. The predicted octanol–water partition coefficient (Wildman–Crippen LogP) is 3.93. The maximum Gasteiger partial charge on any atom is 0.226 e. The van der Waals surface area contributed by atoms with Crippen molar-refractivity contribution in [1.82, 2.24) is 0 Å². The molecule has 3 rings (SSSR count). The molecular weight excluding hydrogens is 364 g/mol.